The molecule has 0 bridgehead atoms. The summed E-state index contributed by atoms with van der Waals surface area (Å²) in [5.74, 6) is 0.462. The van der Waals surface area contributed by atoms with E-state index in [1.807, 2.05) is 28.9 Å². The van der Waals surface area contributed by atoms with Gasteiger partial charge < -0.3 is 5.11 Å². The molecular formula is C13H16ClN3O. The Morgan fingerprint density at radius 3 is 2.50 bits per heavy atom. The van der Waals surface area contributed by atoms with Gasteiger partial charge in [0.05, 0.1) is 12.3 Å². The van der Waals surface area contributed by atoms with E-state index in [0.717, 1.165) is 17.8 Å². The van der Waals surface area contributed by atoms with Crippen LogP contribution in [0.1, 0.15) is 19.5 Å². The monoisotopic (exact) mass is 265 g/mol. The van der Waals surface area contributed by atoms with Crippen LogP contribution in [0, 0.1) is 5.92 Å². The van der Waals surface area contributed by atoms with Gasteiger partial charge in [0.15, 0.2) is 0 Å². The zero-order valence-corrected chi connectivity index (χ0v) is 11.2. The van der Waals surface area contributed by atoms with Crippen LogP contribution in [0.4, 0.5) is 0 Å². The predicted octanol–water partition coefficient (Wildman–Crippen LogP) is 2.75. The van der Waals surface area contributed by atoms with Crippen molar-refractivity contribution >= 4 is 11.6 Å². The molecule has 0 saturated carbocycles. The second-order valence-corrected chi connectivity index (χ2v) is 5.06. The van der Waals surface area contributed by atoms with Crippen LogP contribution >= 0.6 is 11.6 Å². The summed E-state index contributed by atoms with van der Waals surface area (Å²) >= 11 is 5.88. The van der Waals surface area contributed by atoms with Crippen molar-refractivity contribution in [3.8, 4) is 11.3 Å². The molecule has 0 aliphatic carbocycles. The van der Waals surface area contributed by atoms with Crippen LogP contribution in [0.25, 0.3) is 11.3 Å². The fourth-order valence-corrected chi connectivity index (χ4v) is 1.98. The van der Waals surface area contributed by atoms with Gasteiger partial charge in [-0.05, 0) is 18.1 Å². The van der Waals surface area contributed by atoms with Gasteiger partial charge in [-0.3, -0.25) is 0 Å². The van der Waals surface area contributed by atoms with Crippen LogP contribution in [-0.2, 0) is 13.2 Å². The van der Waals surface area contributed by atoms with Crippen molar-refractivity contribution in [1.82, 2.24) is 15.0 Å². The molecule has 0 saturated heterocycles. The summed E-state index contributed by atoms with van der Waals surface area (Å²) in [5.41, 5.74) is 2.43. The number of aliphatic hydroxyl groups is 1. The average Bonchev–Trinajstić information content (AvgIpc) is 2.72. The average molecular weight is 266 g/mol. The minimum absolute atomic E-state index is 0.115. The minimum Gasteiger partial charge on any atom is -0.390 e. The van der Waals surface area contributed by atoms with Gasteiger partial charge in [-0.2, -0.15) is 0 Å². The summed E-state index contributed by atoms with van der Waals surface area (Å²) in [4.78, 5) is 0. The van der Waals surface area contributed by atoms with Crippen LogP contribution < -0.4 is 0 Å². The van der Waals surface area contributed by atoms with Crippen molar-refractivity contribution in [2.45, 2.75) is 27.0 Å². The summed E-state index contributed by atoms with van der Waals surface area (Å²) in [7, 11) is 0. The summed E-state index contributed by atoms with van der Waals surface area (Å²) in [6, 6.07) is 7.48. The number of aromatic nitrogens is 3. The maximum absolute atomic E-state index is 9.34. The van der Waals surface area contributed by atoms with E-state index in [1.165, 1.54) is 0 Å². The minimum atomic E-state index is -0.115. The smallest absolute Gasteiger partial charge is 0.116 e. The van der Waals surface area contributed by atoms with Crippen LogP contribution in [-0.4, -0.2) is 20.1 Å². The normalized spacial score (nSPS) is 11.2. The molecule has 0 amide bonds. The number of halogens is 1. The lowest BCUT2D eigenvalue weighted by atomic mass is 10.1. The van der Waals surface area contributed by atoms with Crippen molar-refractivity contribution < 1.29 is 5.11 Å². The summed E-state index contributed by atoms with van der Waals surface area (Å²) in [6.07, 6.45) is 0. The molecule has 1 aromatic heterocycles. The topological polar surface area (TPSA) is 50.9 Å². The Bertz CT molecular complexity index is 520. The van der Waals surface area contributed by atoms with Gasteiger partial charge in [-0.15, -0.1) is 5.10 Å². The first-order valence-corrected chi connectivity index (χ1v) is 6.28. The maximum Gasteiger partial charge on any atom is 0.116 e. The fraction of sp³-hybridized carbons (Fsp3) is 0.385. The molecule has 1 aromatic carbocycles. The number of hydrogen-bond donors (Lipinski definition) is 1. The summed E-state index contributed by atoms with van der Waals surface area (Å²) < 4.78 is 1.83. The predicted molar refractivity (Wildman–Crippen MR) is 71.2 cm³/mol. The van der Waals surface area contributed by atoms with Crippen LogP contribution in [0.5, 0.6) is 0 Å². The van der Waals surface area contributed by atoms with Crippen molar-refractivity contribution in [2.75, 3.05) is 0 Å². The first kappa shape index (κ1) is 13.1. The van der Waals surface area contributed by atoms with Crippen LogP contribution in [0.2, 0.25) is 5.02 Å². The molecular weight excluding hydrogens is 250 g/mol. The molecule has 0 aliphatic heterocycles. The SMILES string of the molecule is CC(C)Cn1nnc(CO)c1-c1ccc(Cl)cc1. The second-order valence-electron chi connectivity index (χ2n) is 4.63. The molecule has 0 fully saturated rings. The fourth-order valence-electron chi connectivity index (χ4n) is 1.85. The van der Waals surface area contributed by atoms with Crippen molar-refractivity contribution in [3.05, 3.63) is 35.0 Å². The second kappa shape index (κ2) is 5.50. The molecule has 0 unspecified atom stereocenters. The van der Waals surface area contributed by atoms with Gasteiger partial charge in [0.2, 0.25) is 0 Å². The summed E-state index contributed by atoms with van der Waals surface area (Å²) in [6.45, 7) is 4.89. The largest absolute Gasteiger partial charge is 0.390 e. The molecule has 0 radical (unpaired) electrons. The Labute approximate surface area is 111 Å². The third-order valence-corrected chi connectivity index (χ3v) is 2.86. The Kier molecular flexibility index (Phi) is 3.99. The van der Waals surface area contributed by atoms with Crippen LogP contribution in [0.15, 0.2) is 24.3 Å². The van der Waals surface area contributed by atoms with E-state index in [4.69, 9.17) is 11.6 Å². The number of hydrogen-bond acceptors (Lipinski definition) is 3. The molecule has 0 atom stereocenters. The highest BCUT2D eigenvalue weighted by Crippen LogP contribution is 2.24. The van der Waals surface area contributed by atoms with Gasteiger partial charge in [0.1, 0.15) is 5.69 Å². The number of benzene rings is 1. The molecule has 0 aliphatic rings. The Balaban J connectivity index is 2.46. The van der Waals surface area contributed by atoms with E-state index in [9.17, 15) is 5.11 Å². The zero-order valence-electron chi connectivity index (χ0n) is 10.5. The van der Waals surface area contributed by atoms with Gasteiger partial charge in [-0.1, -0.05) is 42.8 Å². The third-order valence-electron chi connectivity index (χ3n) is 2.61. The van der Waals surface area contributed by atoms with Crippen molar-refractivity contribution in [3.63, 3.8) is 0 Å². The van der Waals surface area contributed by atoms with Gasteiger partial charge in [0, 0.05) is 17.1 Å². The number of aliphatic hydroxyl groups excluding tert-OH is 1. The van der Waals surface area contributed by atoms with Crippen LogP contribution in [0.3, 0.4) is 0 Å². The lowest BCUT2D eigenvalue weighted by molar-refractivity contribution is 0.277. The van der Waals surface area contributed by atoms with E-state index < -0.39 is 0 Å². The first-order chi connectivity index (χ1) is 8.61. The Morgan fingerprint density at radius 1 is 1.28 bits per heavy atom. The quantitative estimate of drug-likeness (QED) is 0.925. The zero-order chi connectivity index (χ0) is 13.1. The molecule has 1 N–H and O–H groups in total. The Hall–Kier alpha value is -1.39. The summed E-state index contributed by atoms with van der Waals surface area (Å²) in [5, 5.41) is 18.1. The molecule has 96 valence electrons. The van der Waals surface area contributed by atoms with E-state index >= 15 is 0 Å². The van der Waals surface area contributed by atoms with E-state index in [-0.39, 0.29) is 6.61 Å². The highest BCUT2D eigenvalue weighted by Gasteiger charge is 2.14. The lowest BCUT2D eigenvalue weighted by Gasteiger charge is -2.10. The highest BCUT2D eigenvalue weighted by molar-refractivity contribution is 6.30. The number of rotatable bonds is 4. The molecule has 2 aromatic rings. The highest BCUT2D eigenvalue weighted by atomic mass is 35.5. The first-order valence-electron chi connectivity index (χ1n) is 5.91. The standard InChI is InChI=1S/C13H16ClN3O/c1-9(2)7-17-13(12(8-18)15-16-17)10-3-5-11(14)6-4-10/h3-6,9,18H,7-8H2,1-2H3. The maximum atomic E-state index is 9.34. The van der Waals surface area contributed by atoms with Crippen molar-refractivity contribution in [1.29, 1.82) is 0 Å². The molecule has 18 heavy (non-hydrogen) atoms. The molecule has 1 heterocycles. The van der Waals surface area contributed by atoms with E-state index in [2.05, 4.69) is 24.2 Å². The van der Waals surface area contributed by atoms with Crippen molar-refractivity contribution in [2.24, 2.45) is 5.92 Å². The Morgan fingerprint density at radius 2 is 1.94 bits per heavy atom. The third kappa shape index (κ3) is 2.71. The molecule has 5 heteroatoms. The number of nitrogens with zero attached hydrogens (tertiary/aromatic N) is 3. The molecule has 2 rings (SSSR count). The van der Waals surface area contributed by atoms with Gasteiger partial charge in [-0.25, -0.2) is 4.68 Å². The molecule has 0 spiro atoms. The van der Waals surface area contributed by atoms with E-state index in [0.29, 0.717) is 16.6 Å². The molecule has 4 nitrogen and oxygen atoms in total. The lowest BCUT2D eigenvalue weighted by Crippen LogP contribution is -2.08. The van der Waals surface area contributed by atoms with Gasteiger partial charge in [0.25, 0.3) is 0 Å². The van der Waals surface area contributed by atoms with Gasteiger partial charge >= 0.3 is 0 Å². The van der Waals surface area contributed by atoms with E-state index in [1.54, 1.807) is 0 Å².